The predicted molar refractivity (Wildman–Crippen MR) is 139 cm³/mol. The zero-order valence-corrected chi connectivity index (χ0v) is 22.1. The van der Waals surface area contributed by atoms with Crippen molar-refractivity contribution >= 4 is 19.2 Å². The van der Waals surface area contributed by atoms with Gasteiger partial charge in [0.15, 0.2) is 5.78 Å². The molecule has 0 aliphatic heterocycles. The van der Waals surface area contributed by atoms with Crippen LogP contribution in [0.15, 0.2) is 60.8 Å². The number of hydrogen-bond donors (Lipinski definition) is 2. The average Bonchev–Trinajstić information content (AvgIpc) is 2.89. The van der Waals surface area contributed by atoms with Gasteiger partial charge < -0.3 is 29.2 Å². The Kier molecular flexibility index (Phi) is 10.0. The smallest absolute Gasteiger partial charge is 0.357 e. The van der Waals surface area contributed by atoms with Gasteiger partial charge in [-0.2, -0.15) is 0 Å². The highest BCUT2D eigenvalue weighted by Gasteiger charge is 2.37. The van der Waals surface area contributed by atoms with E-state index in [0.717, 1.165) is 0 Å². The van der Waals surface area contributed by atoms with Crippen molar-refractivity contribution in [1.29, 1.82) is 0 Å². The molecule has 0 spiro atoms. The van der Waals surface area contributed by atoms with Gasteiger partial charge in [-0.25, -0.2) is 4.39 Å². The lowest BCUT2D eigenvalue weighted by atomic mass is 10.2. The summed E-state index contributed by atoms with van der Waals surface area (Å²) in [5.74, 6) is -0.834. The maximum Gasteiger partial charge on any atom is 0.357 e. The van der Waals surface area contributed by atoms with Crippen LogP contribution in [0.5, 0.6) is 17.2 Å². The average molecular weight is 532 g/mol. The summed E-state index contributed by atoms with van der Waals surface area (Å²) in [4.78, 5) is 15.8. The summed E-state index contributed by atoms with van der Waals surface area (Å²) in [7, 11) is -2.25. The van der Waals surface area contributed by atoms with Gasteiger partial charge in [0.05, 0.1) is 25.5 Å². The topological polar surface area (TPSA) is 108 Å². The number of pyridine rings is 1. The Morgan fingerprint density at radius 3 is 2.19 bits per heavy atom. The number of amides is 1. The Bertz CT molecular complexity index is 1230. The van der Waals surface area contributed by atoms with Crippen LogP contribution in [0.2, 0.25) is 0 Å². The van der Waals surface area contributed by atoms with Gasteiger partial charge in [0.2, 0.25) is 0 Å². The van der Waals surface area contributed by atoms with Crippen LogP contribution >= 0.6 is 7.60 Å². The number of carbonyl (C=O) groups excluding carboxylic acids is 1. The zero-order chi connectivity index (χ0) is 26.8. The fraction of sp³-hybridized carbons (Fsp3) is 0.308. The van der Waals surface area contributed by atoms with Crippen molar-refractivity contribution in [2.75, 3.05) is 32.2 Å². The molecule has 0 radical (unpaired) electrons. The molecule has 1 unspecified atom stereocenters. The summed E-state index contributed by atoms with van der Waals surface area (Å²) in [6.45, 7) is 6.09. The van der Waals surface area contributed by atoms with Crippen LogP contribution in [-0.4, -0.2) is 37.8 Å². The van der Waals surface area contributed by atoms with E-state index in [4.69, 9.17) is 18.5 Å². The van der Waals surface area contributed by atoms with E-state index in [1.807, 2.05) is 6.92 Å². The lowest BCUT2D eigenvalue weighted by Gasteiger charge is -2.28. The maximum atomic E-state index is 15.2. The van der Waals surface area contributed by atoms with Crippen LogP contribution in [0.4, 0.5) is 10.1 Å². The largest absolute Gasteiger partial charge is 0.494 e. The number of carbonyl (C=O) groups is 1. The molecule has 3 aromatic rings. The van der Waals surface area contributed by atoms with E-state index in [1.54, 1.807) is 50.2 Å². The van der Waals surface area contributed by atoms with Crippen molar-refractivity contribution in [3.8, 4) is 17.2 Å². The highest BCUT2D eigenvalue weighted by Crippen LogP contribution is 2.61. The molecular formula is C26H31FN3O6P. The Morgan fingerprint density at radius 1 is 0.946 bits per heavy atom. The Labute approximate surface area is 215 Å². The first-order chi connectivity index (χ1) is 17.8. The molecule has 2 N–H and O–H groups in total. The third-order valence-electron chi connectivity index (χ3n) is 5.10. The molecule has 11 heteroatoms. The van der Waals surface area contributed by atoms with Gasteiger partial charge in [-0.15, -0.1) is 0 Å². The van der Waals surface area contributed by atoms with Crippen LogP contribution in [0, 0.1) is 5.82 Å². The van der Waals surface area contributed by atoms with Crippen molar-refractivity contribution in [3.05, 3.63) is 77.9 Å². The molecule has 2 aromatic carbocycles. The third kappa shape index (κ3) is 7.29. The molecule has 0 aliphatic rings. The molecule has 0 bridgehead atoms. The minimum absolute atomic E-state index is 0.0756. The van der Waals surface area contributed by atoms with E-state index < -0.39 is 19.2 Å². The molecule has 1 aromatic heterocycles. The summed E-state index contributed by atoms with van der Waals surface area (Å²) < 4.78 is 51.3. The number of halogens is 1. The van der Waals surface area contributed by atoms with Crippen molar-refractivity contribution < 1.29 is 32.3 Å². The van der Waals surface area contributed by atoms with Crippen molar-refractivity contribution in [2.24, 2.45) is 0 Å². The highest BCUT2D eigenvalue weighted by atomic mass is 31.2. The van der Waals surface area contributed by atoms with Crippen molar-refractivity contribution in [2.45, 2.75) is 26.6 Å². The first-order valence-corrected chi connectivity index (χ1v) is 13.5. The lowest BCUT2D eigenvalue weighted by molar-refractivity contribution is 0.0957. The SMILES string of the molecule is CCOc1ccc(C(Nc2ccc(Oc3ccnc(C(=O)NC)c3)cc2F)P(=O)(OCC)OCC)cc1. The molecule has 1 amide bonds. The first kappa shape index (κ1) is 28.1. The van der Waals surface area contributed by atoms with E-state index in [9.17, 15) is 9.36 Å². The number of anilines is 1. The van der Waals surface area contributed by atoms with Crippen LogP contribution in [-0.2, 0) is 13.6 Å². The minimum atomic E-state index is -3.75. The number of aromatic nitrogens is 1. The normalized spacial score (nSPS) is 12.0. The second kappa shape index (κ2) is 13.2. The number of nitrogens with one attached hydrogen (secondary N) is 2. The number of hydrogen-bond acceptors (Lipinski definition) is 8. The molecule has 0 aliphatic carbocycles. The molecule has 0 saturated carbocycles. The van der Waals surface area contributed by atoms with Crippen molar-refractivity contribution in [3.63, 3.8) is 0 Å². The standard InChI is InChI=1S/C26H31FN3O6P/c1-5-33-19-10-8-18(9-11-19)26(37(32,34-6-2)35-7-3)30-23-13-12-20(16-22(23)27)36-21-14-15-29-24(17-21)25(31)28-4/h8-17,26,30H,5-7H2,1-4H3,(H,28,31). The van der Waals surface area contributed by atoms with Crippen LogP contribution in [0.1, 0.15) is 42.6 Å². The van der Waals surface area contributed by atoms with Crippen LogP contribution in [0.3, 0.4) is 0 Å². The van der Waals surface area contributed by atoms with Gasteiger partial charge >= 0.3 is 7.60 Å². The number of rotatable bonds is 13. The van der Waals surface area contributed by atoms with Gasteiger partial charge in [-0.1, -0.05) is 12.1 Å². The summed E-state index contributed by atoms with van der Waals surface area (Å²) >= 11 is 0. The summed E-state index contributed by atoms with van der Waals surface area (Å²) in [5, 5.41) is 5.48. The van der Waals surface area contributed by atoms with E-state index in [1.165, 1.54) is 31.4 Å². The Balaban J connectivity index is 1.89. The molecule has 9 nitrogen and oxygen atoms in total. The van der Waals surface area contributed by atoms with Gasteiger partial charge in [-0.3, -0.25) is 14.3 Å². The predicted octanol–water partition coefficient (Wildman–Crippen LogP) is 6.15. The van der Waals surface area contributed by atoms with Gasteiger partial charge in [0.25, 0.3) is 5.91 Å². The second-order valence-corrected chi connectivity index (χ2v) is 9.74. The van der Waals surface area contributed by atoms with E-state index in [-0.39, 0.29) is 36.3 Å². The minimum Gasteiger partial charge on any atom is -0.494 e. The number of benzene rings is 2. The quantitative estimate of drug-likeness (QED) is 0.253. The monoisotopic (exact) mass is 531 g/mol. The molecule has 0 saturated heterocycles. The van der Waals surface area contributed by atoms with Gasteiger partial charge in [0.1, 0.15) is 28.8 Å². The molecule has 3 rings (SSSR count). The number of nitrogens with zero attached hydrogens (tertiary/aromatic N) is 1. The molecule has 1 atom stereocenters. The summed E-state index contributed by atoms with van der Waals surface area (Å²) in [6.07, 6.45) is 1.42. The zero-order valence-electron chi connectivity index (χ0n) is 21.2. The van der Waals surface area contributed by atoms with E-state index in [2.05, 4.69) is 15.6 Å². The van der Waals surface area contributed by atoms with E-state index in [0.29, 0.717) is 23.7 Å². The molecular weight excluding hydrogens is 500 g/mol. The van der Waals surface area contributed by atoms with Crippen LogP contribution in [0.25, 0.3) is 0 Å². The molecule has 198 valence electrons. The fourth-order valence-electron chi connectivity index (χ4n) is 3.49. The lowest BCUT2D eigenvalue weighted by Crippen LogP contribution is -2.18. The highest BCUT2D eigenvalue weighted by molar-refractivity contribution is 7.54. The van der Waals surface area contributed by atoms with Gasteiger partial charge in [0, 0.05) is 25.4 Å². The summed E-state index contributed by atoms with van der Waals surface area (Å²) in [5.41, 5.74) is 0.818. The molecule has 37 heavy (non-hydrogen) atoms. The number of ether oxygens (including phenoxy) is 2. The molecule has 1 heterocycles. The Hall–Kier alpha value is -3.46. The summed E-state index contributed by atoms with van der Waals surface area (Å²) in [6, 6.07) is 14.2. The molecule has 0 fully saturated rings. The maximum absolute atomic E-state index is 15.2. The third-order valence-corrected chi connectivity index (χ3v) is 7.40. The first-order valence-electron chi connectivity index (χ1n) is 11.9. The van der Waals surface area contributed by atoms with Gasteiger partial charge in [-0.05, 0) is 56.7 Å². The van der Waals surface area contributed by atoms with Crippen molar-refractivity contribution in [1.82, 2.24) is 10.3 Å². The van der Waals surface area contributed by atoms with E-state index >= 15 is 4.39 Å². The van der Waals surface area contributed by atoms with Crippen LogP contribution < -0.4 is 20.1 Å². The Morgan fingerprint density at radius 2 is 1.59 bits per heavy atom. The fourth-order valence-corrected chi connectivity index (χ4v) is 5.42. The second-order valence-electron chi connectivity index (χ2n) is 7.62.